The van der Waals surface area contributed by atoms with E-state index in [0.29, 0.717) is 17.1 Å². The predicted molar refractivity (Wildman–Crippen MR) is 77.3 cm³/mol. The third-order valence-electron chi connectivity index (χ3n) is 2.81. The highest BCUT2D eigenvalue weighted by atomic mass is 16.5. The van der Waals surface area contributed by atoms with Crippen molar-refractivity contribution in [1.82, 2.24) is 4.98 Å². The van der Waals surface area contributed by atoms with Crippen molar-refractivity contribution >= 4 is 11.6 Å². The van der Waals surface area contributed by atoms with E-state index in [1.165, 1.54) is 0 Å². The van der Waals surface area contributed by atoms with Crippen molar-refractivity contribution in [2.45, 2.75) is 0 Å². The number of benzene rings is 1. The summed E-state index contributed by atoms with van der Waals surface area (Å²) < 4.78 is 10.4. The van der Waals surface area contributed by atoms with E-state index in [0.717, 1.165) is 11.1 Å². The molecule has 20 heavy (non-hydrogen) atoms. The summed E-state index contributed by atoms with van der Waals surface area (Å²) in [5.74, 6) is 1.23. The Bertz CT molecular complexity index is 658. The van der Waals surface area contributed by atoms with Gasteiger partial charge < -0.3 is 9.47 Å². The Morgan fingerprint density at radius 3 is 2.60 bits per heavy atom. The third kappa shape index (κ3) is 2.96. The minimum Gasteiger partial charge on any atom is -0.493 e. The van der Waals surface area contributed by atoms with E-state index in [1.54, 1.807) is 44.8 Å². The number of aromatic nitrogens is 1. The Morgan fingerprint density at radius 2 is 2.00 bits per heavy atom. The number of nitriles is 1. The largest absolute Gasteiger partial charge is 0.493 e. The lowest BCUT2D eigenvalue weighted by molar-refractivity contribution is 0.355. The van der Waals surface area contributed by atoms with Crippen LogP contribution in [0.4, 0.5) is 0 Å². The van der Waals surface area contributed by atoms with Crippen molar-refractivity contribution in [3.05, 3.63) is 53.9 Å². The second kappa shape index (κ2) is 6.39. The zero-order chi connectivity index (χ0) is 14.4. The summed E-state index contributed by atoms with van der Waals surface area (Å²) in [5.41, 5.74) is 2.19. The lowest BCUT2D eigenvalue weighted by Crippen LogP contribution is -1.92. The predicted octanol–water partition coefficient (Wildman–Crippen LogP) is 3.16. The molecule has 0 spiro atoms. The van der Waals surface area contributed by atoms with Crippen LogP contribution in [0.5, 0.6) is 11.5 Å². The maximum atomic E-state index is 9.32. The zero-order valence-electron chi connectivity index (χ0n) is 11.3. The van der Waals surface area contributed by atoms with Gasteiger partial charge in [-0.3, -0.25) is 4.98 Å². The standard InChI is InChI=1S/C16H14N2O2/c1-19-15-6-5-13(9-16(15)20-2)14(10-17)8-12-4-3-7-18-11-12/h3-9,11H,1-2H3. The van der Waals surface area contributed by atoms with Gasteiger partial charge in [-0.15, -0.1) is 0 Å². The smallest absolute Gasteiger partial charge is 0.161 e. The summed E-state index contributed by atoms with van der Waals surface area (Å²) in [7, 11) is 3.15. The Labute approximate surface area is 117 Å². The summed E-state index contributed by atoms with van der Waals surface area (Å²) in [5, 5.41) is 9.32. The van der Waals surface area contributed by atoms with E-state index in [1.807, 2.05) is 18.2 Å². The van der Waals surface area contributed by atoms with Crippen LogP contribution in [-0.4, -0.2) is 19.2 Å². The molecule has 100 valence electrons. The SMILES string of the molecule is COc1ccc(C(C#N)=Cc2cccnc2)cc1OC. The summed E-state index contributed by atoms with van der Waals surface area (Å²) in [6.07, 6.45) is 5.19. The molecule has 4 nitrogen and oxygen atoms in total. The molecule has 0 radical (unpaired) electrons. The van der Waals surface area contributed by atoms with Crippen molar-refractivity contribution in [2.75, 3.05) is 14.2 Å². The second-order valence-corrected chi connectivity index (χ2v) is 4.03. The van der Waals surface area contributed by atoms with Gasteiger partial charge in [0, 0.05) is 12.4 Å². The Kier molecular flexibility index (Phi) is 4.35. The molecular weight excluding hydrogens is 252 g/mol. The molecule has 1 aromatic carbocycles. The van der Waals surface area contributed by atoms with Crippen LogP contribution < -0.4 is 9.47 Å². The molecule has 2 aromatic rings. The van der Waals surface area contributed by atoms with E-state index in [2.05, 4.69) is 11.1 Å². The normalized spacial score (nSPS) is 10.8. The molecule has 1 aromatic heterocycles. The lowest BCUT2D eigenvalue weighted by atomic mass is 10.0. The average molecular weight is 266 g/mol. The fourth-order valence-electron chi connectivity index (χ4n) is 1.81. The number of hydrogen-bond acceptors (Lipinski definition) is 4. The zero-order valence-corrected chi connectivity index (χ0v) is 11.3. The molecular formula is C16H14N2O2. The van der Waals surface area contributed by atoms with Crippen LogP contribution in [0.25, 0.3) is 11.6 Å². The summed E-state index contributed by atoms with van der Waals surface area (Å²) in [6.45, 7) is 0. The first kappa shape index (κ1) is 13.6. The Balaban J connectivity index is 2.43. The first-order valence-electron chi connectivity index (χ1n) is 6.02. The fourth-order valence-corrected chi connectivity index (χ4v) is 1.81. The van der Waals surface area contributed by atoms with Gasteiger partial charge in [-0.1, -0.05) is 6.07 Å². The topological polar surface area (TPSA) is 55.1 Å². The molecule has 0 aliphatic heterocycles. The van der Waals surface area contributed by atoms with Crippen LogP contribution in [0.15, 0.2) is 42.7 Å². The van der Waals surface area contributed by atoms with Crippen LogP contribution in [0.3, 0.4) is 0 Å². The summed E-state index contributed by atoms with van der Waals surface area (Å²) in [4.78, 5) is 4.03. The molecule has 0 bridgehead atoms. The number of allylic oxidation sites excluding steroid dienone is 1. The van der Waals surface area contributed by atoms with Gasteiger partial charge in [0.2, 0.25) is 0 Å². The number of hydrogen-bond donors (Lipinski definition) is 0. The van der Waals surface area contributed by atoms with Crippen LogP contribution >= 0.6 is 0 Å². The molecule has 0 aliphatic rings. The molecule has 4 heteroatoms. The second-order valence-electron chi connectivity index (χ2n) is 4.03. The maximum Gasteiger partial charge on any atom is 0.161 e. The van der Waals surface area contributed by atoms with Gasteiger partial charge in [-0.2, -0.15) is 5.26 Å². The van der Waals surface area contributed by atoms with Gasteiger partial charge in [0.25, 0.3) is 0 Å². The molecule has 0 unspecified atom stereocenters. The van der Waals surface area contributed by atoms with Gasteiger partial charge in [0.15, 0.2) is 11.5 Å². The molecule has 0 saturated carbocycles. The first-order chi connectivity index (χ1) is 9.78. The number of rotatable bonds is 4. The monoisotopic (exact) mass is 266 g/mol. The van der Waals surface area contributed by atoms with Gasteiger partial charge in [0.1, 0.15) is 0 Å². The highest BCUT2D eigenvalue weighted by Gasteiger charge is 2.08. The molecule has 2 rings (SSSR count). The number of methoxy groups -OCH3 is 2. The minimum absolute atomic E-state index is 0.541. The molecule has 1 heterocycles. The van der Waals surface area contributed by atoms with E-state index in [-0.39, 0.29) is 0 Å². The maximum absolute atomic E-state index is 9.32. The molecule has 0 atom stereocenters. The van der Waals surface area contributed by atoms with Gasteiger partial charge >= 0.3 is 0 Å². The van der Waals surface area contributed by atoms with Crippen LogP contribution in [0.2, 0.25) is 0 Å². The van der Waals surface area contributed by atoms with Crippen molar-refractivity contribution < 1.29 is 9.47 Å². The van der Waals surface area contributed by atoms with E-state index >= 15 is 0 Å². The summed E-state index contributed by atoms with van der Waals surface area (Å²) >= 11 is 0. The molecule has 0 amide bonds. The number of nitrogens with zero attached hydrogens (tertiary/aromatic N) is 2. The van der Waals surface area contributed by atoms with Crippen LogP contribution in [-0.2, 0) is 0 Å². The average Bonchev–Trinajstić information content (AvgIpc) is 2.53. The van der Waals surface area contributed by atoms with Crippen molar-refractivity contribution in [3.8, 4) is 17.6 Å². The quantitative estimate of drug-likeness (QED) is 0.798. The Morgan fingerprint density at radius 1 is 1.20 bits per heavy atom. The van der Waals surface area contributed by atoms with Gasteiger partial charge in [0.05, 0.1) is 25.9 Å². The van der Waals surface area contributed by atoms with Gasteiger partial charge in [-0.25, -0.2) is 0 Å². The highest BCUT2D eigenvalue weighted by molar-refractivity contribution is 5.90. The van der Waals surface area contributed by atoms with Crippen LogP contribution in [0.1, 0.15) is 11.1 Å². The first-order valence-corrected chi connectivity index (χ1v) is 6.02. The van der Waals surface area contributed by atoms with Crippen molar-refractivity contribution in [1.29, 1.82) is 5.26 Å². The summed E-state index contributed by atoms with van der Waals surface area (Å²) in [6, 6.07) is 11.3. The fraction of sp³-hybridized carbons (Fsp3) is 0.125. The van der Waals surface area contributed by atoms with E-state index in [9.17, 15) is 5.26 Å². The minimum atomic E-state index is 0.541. The Hall–Kier alpha value is -2.80. The molecule has 0 N–H and O–H groups in total. The third-order valence-corrected chi connectivity index (χ3v) is 2.81. The molecule has 0 aliphatic carbocycles. The highest BCUT2D eigenvalue weighted by Crippen LogP contribution is 2.30. The molecule has 0 saturated heterocycles. The van der Waals surface area contributed by atoms with E-state index < -0.39 is 0 Å². The van der Waals surface area contributed by atoms with Crippen LogP contribution in [0, 0.1) is 11.3 Å². The number of ether oxygens (including phenoxy) is 2. The van der Waals surface area contributed by atoms with Crippen molar-refractivity contribution in [2.24, 2.45) is 0 Å². The number of pyridine rings is 1. The van der Waals surface area contributed by atoms with Crippen molar-refractivity contribution in [3.63, 3.8) is 0 Å². The van der Waals surface area contributed by atoms with Gasteiger partial charge in [-0.05, 0) is 41.5 Å². The lowest BCUT2D eigenvalue weighted by Gasteiger charge is -2.09. The van der Waals surface area contributed by atoms with E-state index in [4.69, 9.17) is 9.47 Å². The molecule has 0 fully saturated rings.